The van der Waals surface area contributed by atoms with E-state index in [4.69, 9.17) is 11.2 Å². The summed E-state index contributed by atoms with van der Waals surface area (Å²) in [6, 6.07) is 4.05. The first kappa shape index (κ1) is 19.4. The predicted octanol–water partition coefficient (Wildman–Crippen LogP) is 5.55. The molecule has 0 saturated heterocycles. The van der Waals surface area contributed by atoms with E-state index >= 15 is 0 Å². The Morgan fingerprint density at radius 3 is 1.83 bits per heavy atom. The van der Waals surface area contributed by atoms with Crippen molar-refractivity contribution in [2.45, 2.75) is 65.1 Å². The normalized spacial score (nSPS) is 11.4. The van der Waals surface area contributed by atoms with E-state index in [1.807, 2.05) is 13.0 Å². The molecule has 2 heteroatoms. The molecular weight excluding hydrogens is 296 g/mol. The van der Waals surface area contributed by atoms with Crippen LogP contribution >= 0.6 is 0 Å². The summed E-state index contributed by atoms with van der Waals surface area (Å²) >= 11 is 0. The molecule has 1 aromatic carbocycles. The van der Waals surface area contributed by atoms with Crippen LogP contribution in [-0.4, -0.2) is 15.2 Å². The number of terminal acetylenes is 1. The molecule has 0 atom stereocenters. The topological polar surface area (TPSA) is 9.23 Å². The number of rotatable bonds is 4. The fourth-order valence-corrected chi connectivity index (χ4v) is 9.02. The Balaban J connectivity index is 3.56. The molecule has 1 aromatic rings. The summed E-state index contributed by atoms with van der Waals surface area (Å²) in [5.74, 6) is 6.89. The van der Waals surface area contributed by atoms with Crippen molar-refractivity contribution in [2.24, 2.45) is 0 Å². The van der Waals surface area contributed by atoms with Crippen LogP contribution in [0.3, 0.4) is 0 Å². The van der Waals surface area contributed by atoms with Crippen molar-refractivity contribution in [3.63, 3.8) is 0 Å². The lowest BCUT2D eigenvalue weighted by atomic mass is 10.1. The third-order valence-corrected chi connectivity index (χ3v) is 11.2. The Bertz CT molecular complexity index is 629. The monoisotopic (exact) mass is 326 g/mol. The van der Waals surface area contributed by atoms with Crippen LogP contribution in [0.25, 0.3) is 0 Å². The summed E-state index contributed by atoms with van der Waals surface area (Å²) in [7, 11) is -0.0979. The molecule has 0 aliphatic carbocycles. The number of benzene rings is 1. The van der Waals surface area contributed by atoms with Crippen molar-refractivity contribution in [1.29, 1.82) is 0 Å². The maximum atomic E-state index is 5.62. The minimum atomic E-state index is -1.76. The van der Waals surface area contributed by atoms with Crippen molar-refractivity contribution < 1.29 is 4.74 Å². The molecule has 0 aliphatic rings. The highest BCUT2D eigenvalue weighted by Gasteiger charge is 2.41. The van der Waals surface area contributed by atoms with Crippen molar-refractivity contribution in [1.82, 2.24) is 0 Å². The standard InChI is InChI=1S/C21H30OSi/c1-10-19-13-18(8)14-20(21(19)22-9)11-12-23(15(2)3,16(4)5)17(6)7/h1,13-17H,2-9H3. The van der Waals surface area contributed by atoms with Gasteiger partial charge in [-0.3, -0.25) is 0 Å². The van der Waals surface area contributed by atoms with Gasteiger partial charge in [-0.25, -0.2) is 0 Å². The van der Waals surface area contributed by atoms with E-state index in [9.17, 15) is 0 Å². The molecule has 0 aromatic heterocycles. The highest BCUT2D eigenvalue weighted by atomic mass is 28.3. The first-order chi connectivity index (χ1) is 10.7. The lowest BCUT2D eigenvalue weighted by Crippen LogP contribution is -2.43. The Kier molecular flexibility index (Phi) is 6.54. The zero-order chi connectivity index (χ0) is 17.8. The highest BCUT2D eigenvalue weighted by Crippen LogP contribution is 2.41. The van der Waals surface area contributed by atoms with Crippen molar-refractivity contribution >= 4 is 8.07 Å². The van der Waals surface area contributed by atoms with Crippen molar-refractivity contribution in [2.75, 3.05) is 7.11 Å². The van der Waals surface area contributed by atoms with E-state index in [2.05, 4.69) is 65.0 Å². The van der Waals surface area contributed by atoms with Crippen LogP contribution in [-0.2, 0) is 0 Å². The van der Waals surface area contributed by atoms with Gasteiger partial charge in [-0.05, 0) is 41.2 Å². The molecule has 0 aliphatic heterocycles. The number of methoxy groups -OCH3 is 1. The first-order valence-corrected chi connectivity index (χ1v) is 10.6. The molecule has 0 amide bonds. The summed E-state index contributed by atoms with van der Waals surface area (Å²) in [6.07, 6.45) is 5.62. The Morgan fingerprint density at radius 1 is 0.957 bits per heavy atom. The quantitative estimate of drug-likeness (QED) is 0.520. The summed E-state index contributed by atoms with van der Waals surface area (Å²) in [5, 5.41) is 0. The molecule has 0 saturated carbocycles. The van der Waals surface area contributed by atoms with Crippen molar-refractivity contribution in [3.05, 3.63) is 28.8 Å². The Morgan fingerprint density at radius 2 is 1.43 bits per heavy atom. The van der Waals surface area contributed by atoms with Crippen LogP contribution < -0.4 is 4.74 Å². The summed E-state index contributed by atoms with van der Waals surface area (Å²) in [6.45, 7) is 16.0. The first-order valence-electron chi connectivity index (χ1n) is 8.39. The lowest BCUT2D eigenvalue weighted by molar-refractivity contribution is 0.412. The molecule has 0 spiro atoms. The van der Waals surface area contributed by atoms with Crippen LogP contribution in [0.15, 0.2) is 12.1 Å². The van der Waals surface area contributed by atoms with Gasteiger partial charge in [0.25, 0.3) is 0 Å². The molecule has 23 heavy (non-hydrogen) atoms. The average molecular weight is 327 g/mol. The van der Waals surface area contributed by atoms with Gasteiger partial charge in [0.1, 0.15) is 13.8 Å². The molecular formula is C21H30OSi. The second kappa shape index (κ2) is 7.76. The van der Waals surface area contributed by atoms with Crippen LogP contribution in [0.2, 0.25) is 16.6 Å². The summed E-state index contributed by atoms with van der Waals surface area (Å²) in [4.78, 5) is 0. The third kappa shape index (κ3) is 3.82. The van der Waals surface area contributed by atoms with Gasteiger partial charge in [0.2, 0.25) is 0 Å². The van der Waals surface area contributed by atoms with Gasteiger partial charge in [-0.2, -0.15) is 0 Å². The van der Waals surface area contributed by atoms with E-state index in [1.165, 1.54) is 0 Å². The van der Waals surface area contributed by atoms with Crippen LogP contribution in [0.4, 0.5) is 0 Å². The SMILES string of the molecule is C#Cc1cc(C)cc(C#C[Si](C(C)C)(C(C)C)C(C)C)c1OC. The van der Waals surface area contributed by atoms with E-state index in [1.54, 1.807) is 7.11 Å². The van der Waals surface area contributed by atoms with Crippen molar-refractivity contribution in [3.8, 4) is 29.6 Å². The average Bonchev–Trinajstić information content (AvgIpc) is 2.45. The van der Waals surface area contributed by atoms with Gasteiger partial charge < -0.3 is 4.74 Å². The molecule has 1 nitrogen and oxygen atoms in total. The van der Waals surface area contributed by atoms with Gasteiger partial charge in [0, 0.05) is 0 Å². The zero-order valence-electron chi connectivity index (χ0n) is 15.9. The minimum absolute atomic E-state index is 0.609. The molecule has 1 rings (SSSR count). The smallest absolute Gasteiger partial charge is 0.150 e. The Hall–Kier alpha value is -1.64. The van der Waals surface area contributed by atoms with Crippen LogP contribution in [0.5, 0.6) is 5.75 Å². The van der Waals surface area contributed by atoms with Crippen LogP contribution in [0, 0.1) is 30.7 Å². The third-order valence-electron chi connectivity index (χ3n) is 4.87. The van der Waals surface area contributed by atoms with Gasteiger partial charge in [-0.1, -0.05) is 53.4 Å². The van der Waals surface area contributed by atoms with E-state index in [0.29, 0.717) is 16.6 Å². The fraction of sp³-hybridized carbons (Fsp3) is 0.524. The number of aryl methyl sites for hydroxylation is 1. The largest absolute Gasteiger partial charge is 0.494 e. The number of hydrogen-bond acceptors (Lipinski definition) is 1. The van der Waals surface area contributed by atoms with Crippen LogP contribution in [0.1, 0.15) is 58.2 Å². The van der Waals surface area contributed by atoms with E-state index in [-0.39, 0.29) is 0 Å². The predicted molar refractivity (Wildman–Crippen MR) is 104 cm³/mol. The molecule has 0 radical (unpaired) electrons. The number of ether oxygens (including phenoxy) is 1. The van der Waals surface area contributed by atoms with E-state index in [0.717, 1.165) is 22.4 Å². The maximum absolute atomic E-state index is 5.62. The molecule has 0 fully saturated rings. The molecule has 0 unspecified atom stereocenters. The summed E-state index contributed by atoms with van der Waals surface area (Å²) in [5.41, 5.74) is 8.38. The van der Waals surface area contributed by atoms with Gasteiger partial charge >= 0.3 is 0 Å². The second-order valence-corrected chi connectivity index (χ2v) is 12.8. The number of hydrogen-bond donors (Lipinski definition) is 0. The molecule has 0 N–H and O–H groups in total. The zero-order valence-corrected chi connectivity index (χ0v) is 16.9. The van der Waals surface area contributed by atoms with E-state index < -0.39 is 8.07 Å². The summed E-state index contributed by atoms with van der Waals surface area (Å²) < 4.78 is 5.54. The minimum Gasteiger partial charge on any atom is -0.494 e. The molecule has 124 valence electrons. The molecule has 0 heterocycles. The second-order valence-electron chi connectivity index (χ2n) is 7.18. The van der Waals surface area contributed by atoms with Gasteiger partial charge in [-0.15, -0.1) is 12.0 Å². The van der Waals surface area contributed by atoms with Gasteiger partial charge in [0.05, 0.1) is 18.2 Å². The molecule has 0 bridgehead atoms. The van der Waals surface area contributed by atoms with Gasteiger partial charge in [0.15, 0.2) is 0 Å². The fourth-order valence-electron chi connectivity index (χ4n) is 3.80. The maximum Gasteiger partial charge on any atom is 0.150 e. The lowest BCUT2D eigenvalue weighted by Gasteiger charge is -2.38. The highest BCUT2D eigenvalue weighted by molar-refractivity contribution is 6.90. The Labute approximate surface area is 143 Å².